The van der Waals surface area contributed by atoms with Crippen molar-refractivity contribution < 1.29 is 0 Å². The maximum absolute atomic E-state index is 3.07. The predicted molar refractivity (Wildman–Crippen MR) is 26.3 cm³/mol. The van der Waals surface area contributed by atoms with Crippen molar-refractivity contribution >= 4 is 17.7 Å². The Morgan fingerprint density at radius 1 is 1.50 bits per heavy atom. The van der Waals surface area contributed by atoms with Crippen molar-refractivity contribution in [1.29, 1.82) is 0 Å². The summed E-state index contributed by atoms with van der Waals surface area (Å²) in [7, 11) is 0. The number of hydrogen-bond acceptors (Lipinski definition) is 0. The van der Waals surface area contributed by atoms with Gasteiger partial charge in [0.2, 0.25) is 0 Å². The Labute approximate surface area is 47.5 Å². The van der Waals surface area contributed by atoms with Crippen molar-refractivity contribution in [2.24, 2.45) is 5.92 Å². The topological polar surface area (TPSA) is 0 Å². The van der Waals surface area contributed by atoms with Gasteiger partial charge in [-0.2, -0.15) is 0 Å². The monoisotopic (exact) mass is 72.1 g/mol. The third-order valence-corrected chi connectivity index (χ3v) is 0.926. The van der Waals surface area contributed by atoms with E-state index in [0.717, 1.165) is 5.92 Å². The Morgan fingerprint density at radius 2 is 2.17 bits per heavy atom. The molecule has 0 nitrogen and oxygen atoms in total. The van der Waals surface area contributed by atoms with Gasteiger partial charge in [0.25, 0.3) is 0 Å². The van der Waals surface area contributed by atoms with E-state index in [1.54, 1.807) is 0 Å². The minimum atomic E-state index is 0.787. The third-order valence-electron chi connectivity index (χ3n) is 0.926. The quantitative estimate of drug-likeness (QED) is 0.289. The van der Waals surface area contributed by atoms with Crippen LogP contribution in [0.3, 0.4) is 0 Å². The zero-order chi connectivity index (χ0) is 4.41. The molecule has 0 atom stereocenters. The molecule has 0 N–H and O–H groups in total. The van der Waals surface area contributed by atoms with Crippen LogP contribution in [0, 0.1) is 16.4 Å². The Morgan fingerprint density at radius 3 is 2.33 bits per heavy atom. The first-order valence-corrected chi connectivity index (χ1v) is 2.36. The van der Waals surface area contributed by atoms with Gasteiger partial charge in [0.15, 0.2) is 0 Å². The van der Waals surface area contributed by atoms with Gasteiger partial charge in [0, 0.05) is 0 Å². The van der Waals surface area contributed by atoms with Crippen LogP contribution >= 0.6 is 0 Å². The summed E-state index contributed by atoms with van der Waals surface area (Å²) in [5.74, 6) is 3.86. The molecule has 0 aromatic heterocycles. The van der Waals surface area contributed by atoms with Crippen molar-refractivity contribution in [3.8, 4) is 10.5 Å². The van der Waals surface area contributed by atoms with Crippen LogP contribution in [-0.2, 0) is 0 Å². The molecular formula is C5H5Li. The molecule has 1 fully saturated rings. The molecule has 0 spiro atoms. The van der Waals surface area contributed by atoms with Crippen LogP contribution in [0.15, 0.2) is 0 Å². The second kappa shape index (κ2) is 1.74. The fourth-order valence-corrected chi connectivity index (χ4v) is 0.432. The summed E-state index contributed by atoms with van der Waals surface area (Å²) in [5.41, 5.74) is 0. The van der Waals surface area contributed by atoms with Gasteiger partial charge >= 0.3 is 47.0 Å². The van der Waals surface area contributed by atoms with Crippen molar-refractivity contribution in [3.63, 3.8) is 0 Å². The van der Waals surface area contributed by atoms with E-state index in [1.807, 2.05) is 17.7 Å². The first-order valence-electron chi connectivity index (χ1n) is 2.36. The summed E-state index contributed by atoms with van der Waals surface area (Å²) in [4.78, 5) is 0. The molecule has 6 heavy (non-hydrogen) atoms. The molecule has 1 saturated carbocycles. The fourth-order valence-electron chi connectivity index (χ4n) is 0.432. The van der Waals surface area contributed by atoms with Gasteiger partial charge in [-0.3, -0.25) is 0 Å². The van der Waals surface area contributed by atoms with E-state index < -0.39 is 0 Å². The average molecular weight is 72.0 g/mol. The summed E-state index contributed by atoms with van der Waals surface area (Å²) in [6.07, 6.45) is 2.70. The third kappa shape index (κ3) is 1.09. The minimum absolute atomic E-state index is 0.787. The molecule has 0 bridgehead atoms. The standard InChI is InChI=1S/C5H5.Li/c1-2-5-3-4-5;/h5H,3-4H2;. The maximum atomic E-state index is 3.07. The predicted octanol–water partition coefficient (Wildman–Crippen LogP) is 0.526. The molecule has 0 saturated heterocycles. The van der Waals surface area contributed by atoms with Gasteiger partial charge in [-0.1, -0.05) is 0 Å². The summed E-state index contributed by atoms with van der Waals surface area (Å²) >= 11 is 1.90. The molecule has 0 heterocycles. The van der Waals surface area contributed by atoms with E-state index in [0.29, 0.717) is 0 Å². The van der Waals surface area contributed by atoms with Crippen LogP contribution in [0.25, 0.3) is 0 Å². The van der Waals surface area contributed by atoms with Gasteiger partial charge in [-0.05, 0) is 0 Å². The van der Waals surface area contributed by atoms with Crippen LogP contribution in [0.1, 0.15) is 12.8 Å². The fraction of sp³-hybridized carbons (Fsp3) is 0.600. The van der Waals surface area contributed by atoms with Crippen molar-refractivity contribution in [3.05, 3.63) is 0 Å². The summed E-state index contributed by atoms with van der Waals surface area (Å²) in [5, 5.41) is 0. The molecular weight excluding hydrogens is 67.0 g/mol. The number of rotatable bonds is 0. The molecule has 1 aliphatic rings. The number of hydrogen-bond donors (Lipinski definition) is 0. The molecule has 1 heteroatoms. The van der Waals surface area contributed by atoms with Gasteiger partial charge in [-0.25, -0.2) is 0 Å². The van der Waals surface area contributed by atoms with E-state index in [2.05, 4.69) is 10.5 Å². The summed E-state index contributed by atoms with van der Waals surface area (Å²) < 4.78 is 2.88. The molecule has 0 amide bonds. The molecule has 0 aromatic rings. The molecule has 1 rings (SSSR count). The normalized spacial score (nSPS) is 19.0. The first kappa shape index (κ1) is 4.32. The molecule has 0 radical (unpaired) electrons. The molecule has 1 aliphatic carbocycles. The van der Waals surface area contributed by atoms with Gasteiger partial charge in [0.05, 0.1) is 0 Å². The Balaban J connectivity index is 2.27. The molecule has 0 unspecified atom stereocenters. The Hall–Kier alpha value is 0.157. The van der Waals surface area contributed by atoms with Crippen LogP contribution in [-0.4, -0.2) is 17.7 Å². The SMILES string of the molecule is [Li][C]#CC1CC1. The molecule has 0 aliphatic heterocycles. The van der Waals surface area contributed by atoms with E-state index in [1.165, 1.54) is 12.8 Å². The van der Waals surface area contributed by atoms with E-state index >= 15 is 0 Å². The van der Waals surface area contributed by atoms with Crippen molar-refractivity contribution in [1.82, 2.24) is 0 Å². The van der Waals surface area contributed by atoms with Crippen LogP contribution < -0.4 is 0 Å². The zero-order valence-corrected chi connectivity index (χ0v) is 3.99. The van der Waals surface area contributed by atoms with Crippen molar-refractivity contribution in [2.45, 2.75) is 12.8 Å². The van der Waals surface area contributed by atoms with Crippen LogP contribution in [0.2, 0.25) is 0 Å². The zero-order valence-electron chi connectivity index (χ0n) is 3.99. The van der Waals surface area contributed by atoms with Crippen LogP contribution in [0.4, 0.5) is 0 Å². The second-order valence-electron chi connectivity index (χ2n) is 1.67. The van der Waals surface area contributed by atoms with E-state index in [4.69, 9.17) is 0 Å². The van der Waals surface area contributed by atoms with Gasteiger partial charge < -0.3 is 0 Å². The Kier molecular flexibility index (Phi) is 1.25. The van der Waals surface area contributed by atoms with Crippen LogP contribution in [0.5, 0.6) is 0 Å². The average Bonchev–Trinajstić information content (AvgIpc) is 2.21. The Bertz CT molecular complexity index is 92.2. The van der Waals surface area contributed by atoms with Gasteiger partial charge in [-0.15, -0.1) is 0 Å². The summed E-state index contributed by atoms with van der Waals surface area (Å²) in [6, 6.07) is 0. The van der Waals surface area contributed by atoms with Crippen molar-refractivity contribution in [2.75, 3.05) is 0 Å². The van der Waals surface area contributed by atoms with E-state index in [9.17, 15) is 0 Å². The summed E-state index contributed by atoms with van der Waals surface area (Å²) in [6.45, 7) is 0. The second-order valence-corrected chi connectivity index (χ2v) is 1.67. The first-order chi connectivity index (χ1) is 2.93. The molecule has 26 valence electrons. The molecule has 0 aromatic carbocycles. The van der Waals surface area contributed by atoms with E-state index in [-0.39, 0.29) is 0 Å². The van der Waals surface area contributed by atoms with Gasteiger partial charge in [0.1, 0.15) is 0 Å².